The van der Waals surface area contributed by atoms with Gasteiger partial charge in [-0.1, -0.05) is 0 Å². The van der Waals surface area contributed by atoms with Crippen LogP contribution in [0.1, 0.15) is 12.8 Å². The van der Waals surface area contributed by atoms with Gasteiger partial charge >= 0.3 is 0 Å². The molecule has 0 aromatic carbocycles. The fraction of sp³-hybridized carbons (Fsp3) is 0.667. The Hall–Kier alpha value is -1.18. The molecule has 120 valence electrons. The molecule has 0 bridgehead atoms. The lowest BCUT2D eigenvalue weighted by atomic mass is 10.1. The van der Waals surface area contributed by atoms with Gasteiger partial charge in [0.05, 0.1) is 12.1 Å². The molecule has 2 aliphatic heterocycles. The number of aromatic nitrogens is 1. The van der Waals surface area contributed by atoms with Crippen molar-refractivity contribution in [1.82, 2.24) is 14.2 Å². The van der Waals surface area contributed by atoms with E-state index in [2.05, 4.69) is 14.8 Å². The first-order valence-corrected chi connectivity index (χ1v) is 9.30. The maximum Gasteiger partial charge on any atom is 0.246 e. The second kappa shape index (κ2) is 4.91. The van der Waals surface area contributed by atoms with E-state index in [9.17, 15) is 8.42 Å². The molecule has 0 N–H and O–H groups in total. The van der Waals surface area contributed by atoms with Crippen LogP contribution in [0.4, 0.5) is 5.82 Å². The summed E-state index contributed by atoms with van der Waals surface area (Å²) in [6.07, 6.45) is 4.31. The zero-order valence-corrected chi connectivity index (χ0v) is 13.8. The van der Waals surface area contributed by atoms with Crippen LogP contribution in [0, 0.1) is 5.92 Å². The van der Waals surface area contributed by atoms with E-state index in [1.807, 2.05) is 7.05 Å². The van der Waals surface area contributed by atoms with Crippen LogP contribution in [0.3, 0.4) is 0 Å². The van der Waals surface area contributed by atoms with Gasteiger partial charge in [0.25, 0.3) is 0 Å². The first-order chi connectivity index (χ1) is 10.5. The molecular weight excluding hydrogens is 300 g/mol. The van der Waals surface area contributed by atoms with Crippen molar-refractivity contribution in [2.24, 2.45) is 5.92 Å². The predicted octanol–water partition coefficient (Wildman–Crippen LogP) is 0.615. The van der Waals surface area contributed by atoms with Crippen molar-refractivity contribution in [2.75, 3.05) is 38.6 Å². The van der Waals surface area contributed by atoms with Crippen molar-refractivity contribution in [2.45, 2.75) is 29.8 Å². The molecular formula is C15H22N4O2S. The third-order valence-electron chi connectivity index (χ3n) is 5.25. The smallest absolute Gasteiger partial charge is 0.246 e. The molecule has 6 nitrogen and oxygen atoms in total. The Morgan fingerprint density at radius 1 is 1.23 bits per heavy atom. The molecule has 7 heteroatoms. The SMILES string of the molecule is CN1c2ncccc2S(=O)(=O)N(C)[C@H]2CN(CC3CC3)C[C@H]21. The van der Waals surface area contributed by atoms with Crippen molar-refractivity contribution in [1.29, 1.82) is 0 Å². The highest BCUT2D eigenvalue weighted by Crippen LogP contribution is 2.37. The highest BCUT2D eigenvalue weighted by atomic mass is 32.2. The molecule has 0 spiro atoms. The van der Waals surface area contributed by atoms with Gasteiger partial charge in [0.15, 0.2) is 0 Å². The van der Waals surface area contributed by atoms with Crippen molar-refractivity contribution >= 4 is 15.8 Å². The van der Waals surface area contributed by atoms with E-state index in [4.69, 9.17) is 0 Å². The predicted molar refractivity (Wildman–Crippen MR) is 84.3 cm³/mol. The lowest BCUT2D eigenvalue weighted by Crippen LogP contribution is -2.48. The first-order valence-electron chi connectivity index (χ1n) is 7.86. The lowest BCUT2D eigenvalue weighted by molar-refractivity contribution is 0.295. The standard InChI is InChI=1S/C15H22N4O2S/c1-17-12-9-19(8-11-5-6-11)10-13(12)18(2)22(20,21)14-4-3-7-16-15(14)17/h3-4,7,11-13H,5-6,8-10H2,1-2H3/t12-,13+/m1/s1. The topological polar surface area (TPSA) is 56.8 Å². The van der Waals surface area contributed by atoms with E-state index >= 15 is 0 Å². The average Bonchev–Trinajstić information content (AvgIpc) is 3.23. The largest absolute Gasteiger partial charge is 0.353 e. The molecule has 1 saturated carbocycles. The van der Waals surface area contributed by atoms with E-state index in [1.54, 1.807) is 29.7 Å². The fourth-order valence-electron chi connectivity index (χ4n) is 3.74. The molecule has 0 amide bonds. The van der Waals surface area contributed by atoms with Gasteiger partial charge in [-0.15, -0.1) is 0 Å². The van der Waals surface area contributed by atoms with Gasteiger partial charge in [-0.05, 0) is 30.9 Å². The van der Waals surface area contributed by atoms with E-state index in [0.717, 1.165) is 25.6 Å². The van der Waals surface area contributed by atoms with E-state index in [1.165, 1.54) is 12.8 Å². The van der Waals surface area contributed by atoms with Crippen molar-refractivity contribution < 1.29 is 8.42 Å². The third-order valence-corrected chi connectivity index (χ3v) is 7.16. The molecule has 3 heterocycles. The molecule has 2 fully saturated rings. The van der Waals surface area contributed by atoms with Gasteiger partial charge in [-0.3, -0.25) is 4.90 Å². The Morgan fingerprint density at radius 2 is 1.95 bits per heavy atom. The number of fused-ring (bicyclic) bond motifs is 2. The van der Waals surface area contributed by atoms with Crippen LogP contribution in [0.5, 0.6) is 0 Å². The molecule has 1 aromatic heterocycles. The highest BCUT2D eigenvalue weighted by Gasteiger charge is 2.47. The maximum absolute atomic E-state index is 12.9. The Kier molecular flexibility index (Phi) is 3.22. The summed E-state index contributed by atoms with van der Waals surface area (Å²) < 4.78 is 27.4. The summed E-state index contributed by atoms with van der Waals surface area (Å²) in [5, 5.41) is 0. The minimum absolute atomic E-state index is 0.0112. The van der Waals surface area contributed by atoms with E-state index in [0.29, 0.717) is 10.7 Å². The molecule has 3 aliphatic rings. The number of hydrogen-bond acceptors (Lipinski definition) is 5. The first kappa shape index (κ1) is 14.4. The summed E-state index contributed by atoms with van der Waals surface area (Å²) in [5.41, 5.74) is 0. The quantitative estimate of drug-likeness (QED) is 0.799. The number of likely N-dealkylation sites (tertiary alicyclic amines) is 1. The minimum Gasteiger partial charge on any atom is -0.353 e. The molecule has 4 rings (SSSR count). The Bertz CT molecular complexity index is 689. The molecule has 1 saturated heterocycles. The van der Waals surface area contributed by atoms with Crippen LogP contribution in [0.2, 0.25) is 0 Å². The summed E-state index contributed by atoms with van der Waals surface area (Å²) in [5.74, 6) is 1.40. The number of hydrogen-bond donors (Lipinski definition) is 0. The summed E-state index contributed by atoms with van der Waals surface area (Å²) in [7, 11) is 0.205. The number of likely N-dealkylation sites (N-methyl/N-ethyl adjacent to an activating group) is 2. The molecule has 22 heavy (non-hydrogen) atoms. The number of nitrogens with zero attached hydrogens (tertiary/aromatic N) is 4. The number of rotatable bonds is 2. The molecule has 0 radical (unpaired) electrons. The molecule has 1 aromatic rings. The second-order valence-electron chi connectivity index (χ2n) is 6.75. The monoisotopic (exact) mass is 322 g/mol. The van der Waals surface area contributed by atoms with Crippen LogP contribution in [0.25, 0.3) is 0 Å². The maximum atomic E-state index is 12.9. The number of sulfonamides is 1. The van der Waals surface area contributed by atoms with Crippen LogP contribution in [-0.2, 0) is 10.0 Å². The van der Waals surface area contributed by atoms with Gasteiger partial charge in [0, 0.05) is 39.9 Å². The number of anilines is 1. The molecule has 1 aliphatic carbocycles. The average molecular weight is 322 g/mol. The van der Waals surface area contributed by atoms with Crippen molar-refractivity contribution in [3.05, 3.63) is 18.3 Å². The van der Waals surface area contributed by atoms with Gasteiger partial charge in [0.1, 0.15) is 10.7 Å². The molecule has 2 atom stereocenters. The van der Waals surface area contributed by atoms with Crippen LogP contribution in [-0.4, -0.2) is 68.4 Å². The summed E-state index contributed by atoms with van der Waals surface area (Å²) in [4.78, 5) is 9.16. The van der Waals surface area contributed by atoms with Crippen LogP contribution < -0.4 is 4.90 Å². The summed E-state index contributed by atoms with van der Waals surface area (Å²) in [6.45, 7) is 2.83. The highest BCUT2D eigenvalue weighted by molar-refractivity contribution is 7.89. The summed E-state index contributed by atoms with van der Waals surface area (Å²) >= 11 is 0. The normalized spacial score (nSPS) is 31.6. The van der Waals surface area contributed by atoms with Gasteiger partial charge in [-0.2, -0.15) is 4.31 Å². The zero-order valence-electron chi connectivity index (χ0n) is 13.0. The third kappa shape index (κ3) is 2.14. The molecule has 0 unspecified atom stereocenters. The Balaban J connectivity index is 1.73. The van der Waals surface area contributed by atoms with Crippen LogP contribution >= 0.6 is 0 Å². The fourth-order valence-corrected chi connectivity index (χ4v) is 5.29. The van der Waals surface area contributed by atoms with Gasteiger partial charge in [-0.25, -0.2) is 13.4 Å². The Labute approximate surface area is 131 Å². The van der Waals surface area contributed by atoms with Crippen LogP contribution in [0.15, 0.2) is 23.2 Å². The van der Waals surface area contributed by atoms with E-state index in [-0.39, 0.29) is 12.1 Å². The van der Waals surface area contributed by atoms with Crippen molar-refractivity contribution in [3.8, 4) is 0 Å². The lowest BCUT2D eigenvalue weighted by Gasteiger charge is -2.29. The summed E-state index contributed by atoms with van der Waals surface area (Å²) in [6, 6.07) is 3.50. The zero-order chi connectivity index (χ0) is 15.5. The second-order valence-corrected chi connectivity index (χ2v) is 8.72. The van der Waals surface area contributed by atoms with Gasteiger partial charge < -0.3 is 4.90 Å². The van der Waals surface area contributed by atoms with Gasteiger partial charge in [0.2, 0.25) is 10.0 Å². The van der Waals surface area contributed by atoms with E-state index < -0.39 is 10.0 Å². The number of pyridine rings is 1. The Morgan fingerprint density at radius 3 is 2.68 bits per heavy atom. The minimum atomic E-state index is -3.48. The van der Waals surface area contributed by atoms with Crippen molar-refractivity contribution in [3.63, 3.8) is 0 Å².